The third-order valence-electron chi connectivity index (χ3n) is 4.62. The van der Waals surface area contributed by atoms with E-state index in [-0.39, 0.29) is 5.91 Å². The van der Waals surface area contributed by atoms with Crippen LogP contribution in [0.25, 0.3) is 0 Å². The van der Waals surface area contributed by atoms with Crippen LogP contribution in [0.5, 0.6) is 11.8 Å². The number of rotatable bonds is 4. The van der Waals surface area contributed by atoms with Gasteiger partial charge in [-0.15, -0.1) is 0 Å². The Bertz CT molecular complexity index is 552. The first-order chi connectivity index (χ1) is 11.2. The first kappa shape index (κ1) is 16.0. The molecule has 0 radical (unpaired) electrons. The lowest BCUT2D eigenvalue weighted by atomic mass is 10.1. The topological polar surface area (TPSA) is 66.9 Å². The average molecular weight is 320 g/mol. The fourth-order valence-electron chi connectivity index (χ4n) is 3.27. The van der Waals surface area contributed by atoms with E-state index in [0.717, 1.165) is 39.3 Å². The van der Waals surface area contributed by atoms with Crippen LogP contribution in [-0.2, 0) is 0 Å². The van der Waals surface area contributed by atoms with Crippen molar-refractivity contribution in [2.45, 2.75) is 12.5 Å². The number of aromatic nitrogens is 1. The van der Waals surface area contributed by atoms with Crippen molar-refractivity contribution in [2.24, 2.45) is 0 Å². The van der Waals surface area contributed by atoms with Crippen molar-refractivity contribution in [1.82, 2.24) is 20.1 Å². The first-order valence-electron chi connectivity index (χ1n) is 8.06. The smallest absolute Gasteiger partial charge is 0.259 e. The van der Waals surface area contributed by atoms with Gasteiger partial charge >= 0.3 is 0 Å². The van der Waals surface area contributed by atoms with E-state index in [4.69, 9.17) is 9.47 Å². The molecule has 1 atom stereocenters. The maximum Gasteiger partial charge on any atom is 0.259 e. The van der Waals surface area contributed by atoms with E-state index in [1.807, 2.05) is 4.90 Å². The van der Waals surface area contributed by atoms with E-state index < -0.39 is 0 Å². The highest BCUT2D eigenvalue weighted by Crippen LogP contribution is 2.22. The zero-order valence-electron chi connectivity index (χ0n) is 13.7. The Balaban J connectivity index is 1.65. The van der Waals surface area contributed by atoms with E-state index >= 15 is 0 Å². The van der Waals surface area contributed by atoms with Gasteiger partial charge in [-0.3, -0.25) is 9.69 Å². The Morgan fingerprint density at radius 1 is 1.22 bits per heavy atom. The number of hydrogen-bond acceptors (Lipinski definition) is 6. The summed E-state index contributed by atoms with van der Waals surface area (Å²) in [6, 6.07) is 4.03. The molecule has 2 saturated heterocycles. The number of piperazine rings is 1. The number of methoxy groups -OCH3 is 2. The van der Waals surface area contributed by atoms with E-state index in [2.05, 4.69) is 15.2 Å². The summed E-state index contributed by atoms with van der Waals surface area (Å²) in [5.41, 5.74) is 0.490. The molecule has 0 aliphatic carbocycles. The van der Waals surface area contributed by atoms with E-state index in [1.165, 1.54) is 13.5 Å². The Morgan fingerprint density at radius 2 is 2.00 bits per heavy atom. The fourth-order valence-corrected chi connectivity index (χ4v) is 3.27. The Kier molecular flexibility index (Phi) is 4.97. The van der Waals surface area contributed by atoms with E-state index in [0.29, 0.717) is 23.4 Å². The normalized spacial score (nSPS) is 22.2. The molecular weight excluding hydrogens is 296 g/mol. The number of hydrogen-bond donors (Lipinski definition) is 1. The lowest BCUT2D eigenvalue weighted by Crippen LogP contribution is -2.52. The molecule has 23 heavy (non-hydrogen) atoms. The number of ether oxygens (including phenoxy) is 2. The van der Waals surface area contributed by atoms with Crippen LogP contribution in [0, 0.1) is 0 Å². The molecule has 7 heteroatoms. The molecule has 2 fully saturated rings. The fraction of sp³-hybridized carbons (Fsp3) is 0.625. The van der Waals surface area contributed by atoms with Gasteiger partial charge in [-0.05, 0) is 19.0 Å². The molecule has 1 aromatic heterocycles. The standard InChI is InChI=1S/C16H24N4O3/c1-22-14-4-3-13(15(18-14)23-2)16(21)20-9-7-19(8-10-20)12-5-6-17-11-12/h3-4,12,17H,5-11H2,1-2H3. The predicted molar refractivity (Wildman–Crippen MR) is 86.1 cm³/mol. The molecule has 126 valence electrons. The van der Waals surface area contributed by atoms with Crippen LogP contribution >= 0.6 is 0 Å². The molecule has 0 bridgehead atoms. The molecule has 0 spiro atoms. The van der Waals surface area contributed by atoms with Gasteiger partial charge in [0.2, 0.25) is 11.8 Å². The second kappa shape index (κ2) is 7.14. The summed E-state index contributed by atoms with van der Waals surface area (Å²) >= 11 is 0. The van der Waals surface area contributed by atoms with Crippen molar-refractivity contribution in [3.8, 4) is 11.8 Å². The lowest BCUT2D eigenvalue weighted by Gasteiger charge is -2.37. The lowest BCUT2D eigenvalue weighted by molar-refractivity contribution is 0.0580. The zero-order chi connectivity index (χ0) is 16.2. The molecule has 0 aromatic carbocycles. The monoisotopic (exact) mass is 320 g/mol. The molecule has 1 N–H and O–H groups in total. The second-order valence-corrected chi connectivity index (χ2v) is 5.89. The first-order valence-corrected chi connectivity index (χ1v) is 8.06. The van der Waals surface area contributed by atoms with Gasteiger partial charge in [-0.1, -0.05) is 0 Å². The molecule has 3 rings (SSSR count). The van der Waals surface area contributed by atoms with Crippen LogP contribution < -0.4 is 14.8 Å². The predicted octanol–water partition coefficient (Wildman–Crippen LogP) is 0.219. The minimum atomic E-state index is -0.0267. The van der Waals surface area contributed by atoms with Crippen molar-refractivity contribution in [2.75, 3.05) is 53.5 Å². The van der Waals surface area contributed by atoms with E-state index in [1.54, 1.807) is 19.2 Å². The third-order valence-corrected chi connectivity index (χ3v) is 4.62. The molecule has 1 aromatic rings. The van der Waals surface area contributed by atoms with Gasteiger partial charge < -0.3 is 19.7 Å². The molecular formula is C16H24N4O3. The Labute approximate surface area is 136 Å². The van der Waals surface area contributed by atoms with Gasteiger partial charge in [0.05, 0.1) is 14.2 Å². The van der Waals surface area contributed by atoms with Crippen LogP contribution in [-0.4, -0.2) is 80.2 Å². The Morgan fingerprint density at radius 3 is 2.61 bits per heavy atom. The van der Waals surface area contributed by atoms with Gasteiger partial charge in [0.15, 0.2) is 0 Å². The zero-order valence-corrected chi connectivity index (χ0v) is 13.7. The average Bonchev–Trinajstić information content (AvgIpc) is 3.15. The third kappa shape index (κ3) is 3.40. The largest absolute Gasteiger partial charge is 0.481 e. The SMILES string of the molecule is COc1ccc(C(=O)N2CCN(C3CCNC3)CC2)c(OC)n1. The number of pyridine rings is 1. The molecule has 1 unspecified atom stereocenters. The van der Waals surface area contributed by atoms with Crippen molar-refractivity contribution >= 4 is 5.91 Å². The van der Waals surface area contributed by atoms with Crippen LogP contribution in [0.1, 0.15) is 16.8 Å². The highest BCUT2D eigenvalue weighted by atomic mass is 16.5. The summed E-state index contributed by atoms with van der Waals surface area (Å²) in [7, 11) is 3.06. The van der Waals surface area contributed by atoms with Gasteiger partial charge in [-0.25, -0.2) is 0 Å². The van der Waals surface area contributed by atoms with Crippen LogP contribution in [0.3, 0.4) is 0 Å². The van der Waals surface area contributed by atoms with E-state index in [9.17, 15) is 4.79 Å². The molecule has 1 amide bonds. The molecule has 2 aliphatic heterocycles. The number of carbonyl (C=O) groups is 1. The molecule has 2 aliphatic rings. The Hall–Kier alpha value is -1.86. The number of carbonyl (C=O) groups excluding carboxylic acids is 1. The number of nitrogens with one attached hydrogen (secondary N) is 1. The maximum absolute atomic E-state index is 12.7. The number of nitrogens with zero attached hydrogens (tertiary/aromatic N) is 3. The molecule has 3 heterocycles. The van der Waals surface area contributed by atoms with Gasteiger partial charge in [0.1, 0.15) is 5.56 Å². The van der Waals surface area contributed by atoms with Gasteiger partial charge in [-0.2, -0.15) is 4.98 Å². The highest BCUT2D eigenvalue weighted by Gasteiger charge is 2.29. The van der Waals surface area contributed by atoms with Crippen molar-refractivity contribution in [3.05, 3.63) is 17.7 Å². The summed E-state index contributed by atoms with van der Waals surface area (Å²) in [6.45, 7) is 5.48. The van der Waals surface area contributed by atoms with Crippen molar-refractivity contribution in [3.63, 3.8) is 0 Å². The molecule has 7 nitrogen and oxygen atoms in total. The summed E-state index contributed by atoms with van der Waals surface area (Å²) in [4.78, 5) is 21.3. The number of amides is 1. The summed E-state index contributed by atoms with van der Waals surface area (Å²) in [5.74, 6) is 0.731. The highest BCUT2D eigenvalue weighted by molar-refractivity contribution is 5.96. The molecule has 0 saturated carbocycles. The summed E-state index contributed by atoms with van der Waals surface area (Å²) in [5, 5.41) is 3.40. The van der Waals surface area contributed by atoms with Gasteiger partial charge in [0, 0.05) is 44.8 Å². The second-order valence-electron chi connectivity index (χ2n) is 5.89. The van der Waals surface area contributed by atoms with Crippen LogP contribution in [0.2, 0.25) is 0 Å². The van der Waals surface area contributed by atoms with Crippen molar-refractivity contribution in [1.29, 1.82) is 0 Å². The minimum Gasteiger partial charge on any atom is -0.481 e. The maximum atomic E-state index is 12.7. The summed E-state index contributed by atoms with van der Waals surface area (Å²) < 4.78 is 10.3. The van der Waals surface area contributed by atoms with Crippen LogP contribution in [0.15, 0.2) is 12.1 Å². The minimum absolute atomic E-state index is 0.0267. The quantitative estimate of drug-likeness (QED) is 0.856. The summed E-state index contributed by atoms with van der Waals surface area (Å²) in [6.07, 6.45) is 1.20. The van der Waals surface area contributed by atoms with Crippen molar-refractivity contribution < 1.29 is 14.3 Å². The van der Waals surface area contributed by atoms with Gasteiger partial charge in [0.25, 0.3) is 5.91 Å². The van der Waals surface area contributed by atoms with Crippen LogP contribution in [0.4, 0.5) is 0 Å².